The van der Waals surface area contributed by atoms with Crippen molar-refractivity contribution in [2.24, 2.45) is 0 Å². The van der Waals surface area contributed by atoms with E-state index in [0.29, 0.717) is 24.5 Å². The molecule has 0 radical (unpaired) electrons. The molecule has 0 atom stereocenters. The van der Waals surface area contributed by atoms with Gasteiger partial charge in [0.1, 0.15) is 18.2 Å². The molecule has 0 aliphatic carbocycles. The number of carboxylic acids is 1. The second-order valence-corrected chi connectivity index (χ2v) is 4.52. The van der Waals surface area contributed by atoms with Crippen LogP contribution in [-0.2, 0) is 0 Å². The average molecular weight is 289 g/mol. The summed E-state index contributed by atoms with van der Waals surface area (Å²) >= 11 is 0. The Balaban J connectivity index is 1.82. The van der Waals surface area contributed by atoms with Crippen molar-refractivity contribution in [1.29, 1.82) is 0 Å². The summed E-state index contributed by atoms with van der Waals surface area (Å²) in [7, 11) is 0. The van der Waals surface area contributed by atoms with Crippen molar-refractivity contribution in [3.63, 3.8) is 0 Å². The van der Waals surface area contributed by atoms with Crippen LogP contribution in [0.5, 0.6) is 5.75 Å². The lowest BCUT2D eigenvalue weighted by molar-refractivity contribution is 0.0697. The molecule has 0 fully saturated rings. The number of rotatable bonds is 6. The van der Waals surface area contributed by atoms with Crippen LogP contribution in [0.1, 0.15) is 15.9 Å². The van der Waals surface area contributed by atoms with Gasteiger partial charge in [0, 0.05) is 17.8 Å². The van der Waals surface area contributed by atoms with Crippen LogP contribution in [0, 0.1) is 12.7 Å². The first-order chi connectivity index (χ1) is 10.1. The molecule has 2 rings (SSSR count). The van der Waals surface area contributed by atoms with E-state index in [-0.39, 0.29) is 11.4 Å². The minimum absolute atomic E-state index is 0.218. The van der Waals surface area contributed by atoms with Crippen molar-refractivity contribution in [3.8, 4) is 5.75 Å². The molecule has 0 saturated heterocycles. The minimum Gasteiger partial charge on any atom is -0.492 e. The van der Waals surface area contributed by atoms with Crippen molar-refractivity contribution < 1.29 is 19.0 Å². The summed E-state index contributed by atoms with van der Waals surface area (Å²) in [5.74, 6) is -0.618. The molecule has 21 heavy (non-hydrogen) atoms. The quantitative estimate of drug-likeness (QED) is 0.801. The SMILES string of the molecule is Cc1c(F)cccc1NCCOc1ccc(C(=O)O)cc1. The van der Waals surface area contributed by atoms with E-state index >= 15 is 0 Å². The van der Waals surface area contributed by atoms with Crippen LogP contribution in [0.15, 0.2) is 42.5 Å². The van der Waals surface area contributed by atoms with Gasteiger partial charge in [-0.15, -0.1) is 0 Å². The zero-order valence-electron chi connectivity index (χ0n) is 11.6. The van der Waals surface area contributed by atoms with Gasteiger partial charge in [-0.2, -0.15) is 0 Å². The molecule has 4 nitrogen and oxygen atoms in total. The van der Waals surface area contributed by atoms with E-state index in [1.54, 1.807) is 31.2 Å². The highest BCUT2D eigenvalue weighted by Crippen LogP contribution is 2.17. The van der Waals surface area contributed by atoms with Gasteiger partial charge < -0.3 is 15.2 Å². The largest absolute Gasteiger partial charge is 0.492 e. The molecular weight excluding hydrogens is 273 g/mol. The zero-order chi connectivity index (χ0) is 15.2. The molecule has 0 bridgehead atoms. The summed E-state index contributed by atoms with van der Waals surface area (Å²) in [6.45, 7) is 2.62. The highest BCUT2D eigenvalue weighted by atomic mass is 19.1. The summed E-state index contributed by atoms with van der Waals surface area (Å²) < 4.78 is 18.8. The maximum Gasteiger partial charge on any atom is 0.335 e. The summed E-state index contributed by atoms with van der Waals surface area (Å²) in [4.78, 5) is 10.7. The summed E-state index contributed by atoms with van der Waals surface area (Å²) in [6.07, 6.45) is 0. The monoisotopic (exact) mass is 289 g/mol. The van der Waals surface area contributed by atoms with E-state index in [4.69, 9.17) is 9.84 Å². The van der Waals surface area contributed by atoms with E-state index in [2.05, 4.69) is 5.32 Å². The number of benzene rings is 2. The van der Waals surface area contributed by atoms with Gasteiger partial charge in [0.25, 0.3) is 0 Å². The molecule has 2 aromatic carbocycles. The molecule has 0 heterocycles. The molecule has 0 aromatic heterocycles. The summed E-state index contributed by atoms with van der Waals surface area (Å²) in [6, 6.07) is 11.1. The number of carboxylic acid groups (broad SMARTS) is 1. The maximum atomic E-state index is 13.3. The maximum absolute atomic E-state index is 13.3. The predicted octanol–water partition coefficient (Wildman–Crippen LogP) is 3.32. The molecule has 2 aromatic rings. The van der Waals surface area contributed by atoms with Gasteiger partial charge >= 0.3 is 5.97 Å². The first-order valence-electron chi connectivity index (χ1n) is 6.53. The number of nitrogens with one attached hydrogen (secondary N) is 1. The van der Waals surface area contributed by atoms with E-state index in [9.17, 15) is 9.18 Å². The topological polar surface area (TPSA) is 58.6 Å². The lowest BCUT2D eigenvalue weighted by Crippen LogP contribution is -2.12. The van der Waals surface area contributed by atoms with E-state index < -0.39 is 5.97 Å². The standard InChI is InChI=1S/C16H16FNO3/c1-11-14(17)3-2-4-15(11)18-9-10-21-13-7-5-12(6-8-13)16(19)20/h2-8,18H,9-10H2,1H3,(H,19,20). The van der Waals surface area contributed by atoms with E-state index in [0.717, 1.165) is 5.69 Å². The molecular formula is C16H16FNO3. The fourth-order valence-electron chi connectivity index (χ4n) is 1.85. The fraction of sp³-hybridized carbons (Fsp3) is 0.188. The van der Waals surface area contributed by atoms with Crippen LogP contribution in [0.3, 0.4) is 0 Å². The first-order valence-corrected chi connectivity index (χ1v) is 6.53. The van der Waals surface area contributed by atoms with Crippen LogP contribution >= 0.6 is 0 Å². The van der Waals surface area contributed by atoms with Crippen LogP contribution in [-0.4, -0.2) is 24.2 Å². The Hall–Kier alpha value is -2.56. The Bertz CT molecular complexity index is 626. The Labute approximate surface area is 122 Å². The highest BCUT2D eigenvalue weighted by molar-refractivity contribution is 5.87. The third kappa shape index (κ3) is 3.95. The molecule has 5 heteroatoms. The van der Waals surface area contributed by atoms with E-state index in [1.165, 1.54) is 18.2 Å². The van der Waals surface area contributed by atoms with Crippen molar-refractivity contribution in [3.05, 3.63) is 59.4 Å². The molecule has 0 saturated carbocycles. The highest BCUT2D eigenvalue weighted by Gasteiger charge is 2.03. The third-order valence-electron chi connectivity index (χ3n) is 3.06. The van der Waals surface area contributed by atoms with Crippen molar-refractivity contribution in [2.75, 3.05) is 18.5 Å². The number of aromatic carboxylic acids is 1. The fourth-order valence-corrected chi connectivity index (χ4v) is 1.85. The second kappa shape index (κ2) is 6.74. The predicted molar refractivity (Wildman–Crippen MR) is 78.5 cm³/mol. The van der Waals surface area contributed by atoms with Crippen molar-refractivity contribution in [1.82, 2.24) is 0 Å². The summed E-state index contributed by atoms with van der Waals surface area (Å²) in [5, 5.41) is 11.9. The number of hydrogen-bond acceptors (Lipinski definition) is 3. The molecule has 110 valence electrons. The van der Waals surface area contributed by atoms with Crippen molar-refractivity contribution in [2.45, 2.75) is 6.92 Å². The molecule has 2 N–H and O–H groups in total. The normalized spacial score (nSPS) is 10.2. The molecule has 0 aliphatic heterocycles. The van der Waals surface area contributed by atoms with Gasteiger partial charge in [-0.05, 0) is 43.3 Å². The van der Waals surface area contributed by atoms with Gasteiger partial charge in [-0.25, -0.2) is 9.18 Å². The van der Waals surface area contributed by atoms with Crippen LogP contribution < -0.4 is 10.1 Å². The number of hydrogen-bond donors (Lipinski definition) is 2. The van der Waals surface area contributed by atoms with Gasteiger partial charge in [0.2, 0.25) is 0 Å². The van der Waals surface area contributed by atoms with Gasteiger partial charge in [-0.3, -0.25) is 0 Å². The number of ether oxygens (including phenoxy) is 1. The Morgan fingerprint density at radius 3 is 2.62 bits per heavy atom. The van der Waals surface area contributed by atoms with Crippen molar-refractivity contribution >= 4 is 11.7 Å². The molecule has 0 spiro atoms. The number of carbonyl (C=O) groups is 1. The number of halogens is 1. The molecule has 0 amide bonds. The molecule has 0 aliphatic rings. The van der Waals surface area contributed by atoms with Gasteiger partial charge in [-0.1, -0.05) is 6.07 Å². The lowest BCUT2D eigenvalue weighted by Gasteiger charge is -2.11. The smallest absolute Gasteiger partial charge is 0.335 e. The third-order valence-corrected chi connectivity index (χ3v) is 3.06. The Morgan fingerprint density at radius 1 is 1.24 bits per heavy atom. The number of anilines is 1. The minimum atomic E-state index is -0.968. The second-order valence-electron chi connectivity index (χ2n) is 4.52. The molecule has 0 unspecified atom stereocenters. The Morgan fingerprint density at radius 2 is 1.95 bits per heavy atom. The average Bonchev–Trinajstić information content (AvgIpc) is 2.48. The van der Waals surface area contributed by atoms with Gasteiger partial charge in [0.15, 0.2) is 0 Å². The van der Waals surface area contributed by atoms with Crippen LogP contribution in [0.4, 0.5) is 10.1 Å². The van der Waals surface area contributed by atoms with Crippen LogP contribution in [0.2, 0.25) is 0 Å². The van der Waals surface area contributed by atoms with Crippen LogP contribution in [0.25, 0.3) is 0 Å². The van der Waals surface area contributed by atoms with E-state index in [1.807, 2.05) is 0 Å². The first kappa shape index (κ1) is 14.8. The summed E-state index contributed by atoms with van der Waals surface area (Å²) in [5.41, 5.74) is 1.53. The van der Waals surface area contributed by atoms with Gasteiger partial charge in [0.05, 0.1) is 5.56 Å². The zero-order valence-corrected chi connectivity index (χ0v) is 11.6. The lowest BCUT2D eigenvalue weighted by atomic mass is 10.2. The Kier molecular flexibility index (Phi) is 4.77.